The summed E-state index contributed by atoms with van der Waals surface area (Å²) in [5.41, 5.74) is 0. The fraction of sp³-hybridized carbons (Fsp3) is 1.00. The minimum absolute atomic E-state index is 0.168. The standard InChI is InChI=1S/C11H21O8S/c12-1-6-7(14)4(13)2-20(6)3-5-8(15)9(16)10(17)11(18)19-5/h4-18H,1-3H2/q+1/t4-,5-,6-,7+,8-,9+,10-,11?,20?/m1/s1. The molecule has 2 saturated heterocycles. The van der Waals surface area contributed by atoms with Gasteiger partial charge in [0.15, 0.2) is 11.5 Å². The maximum absolute atomic E-state index is 9.85. The molecule has 0 radical (unpaired) electrons. The van der Waals surface area contributed by atoms with Crippen molar-refractivity contribution in [1.82, 2.24) is 0 Å². The molecule has 2 aliphatic heterocycles. The molecule has 0 aromatic carbocycles. The van der Waals surface area contributed by atoms with Gasteiger partial charge in [0.25, 0.3) is 0 Å². The van der Waals surface area contributed by atoms with E-state index in [4.69, 9.17) is 4.74 Å². The summed E-state index contributed by atoms with van der Waals surface area (Å²) in [5.74, 6) is 0.426. The van der Waals surface area contributed by atoms with Crippen molar-refractivity contribution in [2.24, 2.45) is 0 Å². The lowest BCUT2D eigenvalue weighted by Crippen LogP contribution is -2.59. The van der Waals surface area contributed by atoms with Gasteiger partial charge < -0.3 is 40.5 Å². The summed E-state index contributed by atoms with van der Waals surface area (Å²) in [7, 11) is -0.624. The molecule has 0 aromatic rings. The van der Waals surface area contributed by atoms with Crippen LogP contribution in [0, 0.1) is 0 Å². The SMILES string of the molecule is OC[C@@H]1[C@@H](O)[C@H](O)C[S+]1C[C@H]1OC(O)[C@H](O)[C@@H](O)[C@@H]1O. The van der Waals surface area contributed by atoms with E-state index in [1.54, 1.807) is 0 Å². The summed E-state index contributed by atoms with van der Waals surface area (Å²) in [6, 6.07) is 0. The zero-order valence-corrected chi connectivity index (χ0v) is 11.5. The Labute approximate surface area is 118 Å². The van der Waals surface area contributed by atoms with Crippen LogP contribution in [0.5, 0.6) is 0 Å². The van der Waals surface area contributed by atoms with E-state index in [0.717, 1.165) is 0 Å². The predicted octanol–water partition coefficient (Wildman–Crippen LogP) is -4.50. The fourth-order valence-electron chi connectivity index (χ4n) is 2.57. The van der Waals surface area contributed by atoms with Crippen LogP contribution in [0.1, 0.15) is 0 Å². The van der Waals surface area contributed by atoms with E-state index in [2.05, 4.69) is 0 Å². The van der Waals surface area contributed by atoms with Crippen molar-refractivity contribution in [2.75, 3.05) is 18.1 Å². The maximum atomic E-state index is 9.85. The lowest BCUT2D eigenvalue weighted by Gasteiger charge is -2.37. The Hall–Kier alpha value is 0.0300. The molecule has 2 fully saturated rings. The quantitative estimate of drug-likeness (QED) is 0.258. The smallest absolute Gasteiger partial charge is 0.184 e. The van der Waals surface area contributed by atoms with E-state index in [1.165, 1.54) is 0 Å². The molecule has 20 heavy (non-hydrogen) atoms. The third-order valence-corrected chi connectivity index (χ3v) is 6.64. The molecule has 2 unspecified atom stereocenters. The molecule has 0 aliphatic carbocycles. The van der Waals surface area contributed by atoms with Crippen LogP contribution in [0.15, 0.2) is 0 Å². The van der Waals surface area contributed by atoms with Crippen molar-refractivity contribution in [3.8, 4) is 0 Å². The van der Waals surface area contributed by atoms with Crippen molar-refractivity contribution in [1.29, 1.82) is 0 Å². The van der Waals surface area contributed by atoms with Gasteiger partial charge >= 0.3 is 0 Å². The highest BCUT2D eigenvalue weighted by Gasteiger charge is 2.53. The number of hydrogen-bond acceptors (Lipinski definition) is 8. The largest absolute Gasteiger partial charge is 0.391 e. The highest BCUT2D eigenvalue weighted by Crippen LogP contribution is 2.28. The van der Waals surface area contributed by atoms with E-state index in [0.29, 0.717) is 0 Å². The third-order valence-electron chi connectivity index (χ3n) is 3.83. The highest BCUT2D eigenvalue weighted by molar-refractivity contribution is 7.97. The summed E-state index contributed by atoms with van der Waals surface area (Å²) < 4.78 is 5.06. The van der Waals surface area contributed by atoms with Crippen LogP contribution in [0.2, 0.25) is 0 Å². The maximum Gasteiger partial charge on any atom is 0.184 e. The first-order valence-electron chi connectivity index (χ1n) is 6.37. The van der Waals surface area contributed by atoms with Crippen LogP contribution < -0.4 is 0 Å². The highest BCUT2D eigenvalue weighted by atomic mass is 32.2. The monoisotopic (exact) mass is 313 g/mol. The molecule has 9 heteroatoms. The van der Waals surface area contributed by atoms with Crippen molar-refractivity contribution in [3.63, 3.8) is 0 Å². The van der Waals surface area contributed by atoms with E-state index in [-0.39, 0.29) is 18.1 Å². The Balaban J connectivity index is 2.02. The zero-order chi connectivity index (χ0) is 15.0. The van der Waals surface area contributed by atoms with Gasteiger partial charge in [0.1, 0.15) is 48.1 Å². The van der Waals surface area contributed by atoms with Crippen molar-refractivity contribution in [2.45, 2.75) is 48.2 Å². The van der Waals surface area contributed by atoms with Crippen LogP contribution >= 0.6 is 0 Å². The molecule has 2 heterocycles. The lowest BCUT2D eigenvalue weighted by atomic mass is 10.0. The van der Waals surface area contributed by atoms with Gasteiger partial charge in [-0.2, -0.15) is 0 Å². The summed E-state index contributed by atoms with van der Waals surface area (Å²) in [6.07, 6.45) is -9.02. The number of aliphatic hydroxyl groups excluding tert-OH is 7. The van der Waals surface area contributed by atoms with Gasteiger partial charge in [-0.05, 0) is 0 Å². The summed E-state index contributed by atoms with van der Waals surface area (Å²) in [5, 5.41) is 66.3. The molecule has 8 nitrogen and oxygen atoms in total. The first-order chi connectivity index (χ1) is 9.36. The fourth-order valence-corrected chi connectivity index (χ4v) is 5.32. The molecular formula is C11H21O8S+. The molecule has 0 saturated carbocycles. The average molecular weight is 313 g/mol. The van der Waals surface area contributed by atoms with Crippen LogP contribution in [0.4, 0.5) is 0 Å². The molecule has 2 aliphatic rings. The summed E-state index contributed by atoms with van der Waals surface area (Å²) in [4.78, 5) is 0. The number of ether oxygens (including phenoxy) is 1. The molecular weight excluding hydrogens is 292 g/mol. The van der Waals surface area contributed by atoms with Crippen LogP contribution in [0.3, 0.4) is 0 Å². The van der Waals surface area contributed by atoms with Gasteiger partial charge in [0, 0.05) is 10.9 Å². The normalized spacial score (nSPS) is 53.2. The predicted molar refractivity (Wildman–Crippen MR) is 68.9 cm³/mol. The zero-order valence-electron chi connectivity index (χ0n) is 10.7. The van der Waals surface area contributed by atoms with Crippen LogP contribution in [-0.4, -0.2) is 102 Å². The van der Waals surface area contributed by atoms with E-state index in [9.17, 15) is 35.7 Å². The van der Waals surface area contributed by atoms with Crippen molar-refractivity contribution in [3.05, 3.63) is 0 Å². The number of rotatable bonds is 3. The van der Waals surface area contributed by atoms with Gasteiger partial charge in [-0.3, -0.25) is 0 Å². The summed E-state index contributed by atoms with van der Waals surface area (Å²) >= 11 is 0. The second-order valence-corrected chi connectivity index (χ2v) is 7.53. The molecule has 0 spiro atoms. The summed E-state index contributed by atoms with van der Waals surface area (Å²) in [6.45, 7) is -0.308. The minimum atomic E-state index is -1.60. The Morgan fingerprint density at radius 1 is 0.900 bits per heavy atom. The minimum Gasteiger partial charge on any atom is -0.391 e. The van der Waals surface area contributed by atoms with Crippen molar-refractivity contribution < 1.29 is 40.5 Å². The van der Waals surface area contributed by atoms with Gasteiger partial charge in [-0.1, -0.05) is 0 Å². The first kappa shape index (κ1) is 16.4. The molecule has 2 rings (SSSR count). The van der Waals surface area contributed by atoms with E-state index in [1.807, 2.05) is 0 Å². The molecule has 0 amide bonds. The molecule has 118 valence electrons. The Kier molecular flexibility index (Phi) is 5.27. The molecule has 0 bridgehead atoms. The van der Waals surface area contributed by atoms with E-state index < -0.39 is 59.1 Å². The first-order valence-corrected chi connectivity index (χ1v) is 8.00. The third kappa shape index (κ3) is 2.96. The number of hydrogen-bond donors (Lipinski definition) is 7. The second kappa shape index (κ2) is 6.42. The second-order valence-electron chi connectivity index (χ2n) is 5.19. The average Bonchev–Trinajstić information content (AvgIpc) is 2.68. The van der Waals surface area contributed by atoms with Crippen molar-refractivity contribution >= 4 is 10.9 Å². The Morgan fingerprint density at radius 2 is 1.55 bits per heavy atom. The molecule has 9 atom stereocenters. The Morgan fingerprint density at radius 3 is 2.15 bits per heavy atom. The van der Waals surface area contributed by atoms with Crippen LogP contribution in [-0.2, 0) is 15.6 Å². The van der Waals surface area contributed by atoms with Crippen LogP contribution in [0.25, 0.3) is 0 Å². The van der Waals surface area contributed by atoms with E-state index >= 15 is 0 Å². The van der Waals surface area contributed by atoms with Gasteiger partial charge in [-0.15, -0.1) is 0 Å². The molecule has 0 aromatic heterocycles. The van der Waals surface area contributed by atoms with Gasteiger partial charge in [0.2, 0.25) is 0 Å². The lowest BCUT2D eigenvalue weighted by molar-refractivity contribution is -0.276. The Bertz CT molecular complexity index is 332. The van der Waals surface area contributed by atoms with Gasteiger partial charge in [-0.25, -0.2) is 0 Å². The topological polar surface area (TPSA) is 151 Å². The molecule has 7 N–H and O–H groups in total. The number of aliphatic hydroxyl groups is 7. The van der Waals surface area contributed by atoms with Gasteiger partial charge in [0.05, 0.1) is 6.61 Å².